The van der Waals surface area contributed by atoms with E-state index in [4.69, 9.17) is 0 Å². The molecule has 0 N–H and O–H groups in total. The van der Waals surface area contributed by atoms with Crippen molar-refractivity contribution in [3.05, 3.63) is 0 Å². The highest BCUT2D eigenvalue weighted by Gasteiger charge is 2.07. The normalized spacial score (nSPS) is 18.2. The molecule has 2 heteroatoms. The summed E-state index contributed by atoms with van der Waals surface area (Å²) in [4.78, 5) is 9.60. The van der Waals surface area contributed by atoms with Crippen LogP contribution in [0.4, 0.5) is 0 Å². The summed E-state index contributed by atoms with van der Waals surface area (Å²) < 4.78 is 4.55. The number of hydrogen-bond acceptors (Lipinski definition) is 2. The van der Waals surface area contributed by atoms with Crippen molar-refractivity contribution in [3.63, 3.8) is 0 Å². The summed E-state index contributed by atoms with van der Waals surface area (Å²) in [6.45, 7) is 5.92. The molecule has 1 fully saturated rings. The van der Waals surface area contributed by atoms with Crippen molar-refractivity contribution < 1.29 is 9.53 Å². The maximum Gasteiger partial charge on any atom is 0.293 e. The zero-order chi connectivity index (χ0) is 12.3. The van der Waals surface area contributed by atoms with Gasteiger partial charge in [0.2, 0.25) is 0 Å². The Bertz CT molecular complexity index is 130. The van der Waals surface area contributed by atoms with Gasteiger partial charge in [-0.15, -0.1) is 0 Å². The maximum atomic E-state index is 9.60. The molecule has 0 radical (unpaired) electrons. The van der Waals surface area contributed by atoms with Crippen molar-refractivity contribution in [1.29, 1.82) is 0 Å². The third-order valence-electron chi connectivity index (χ3n) is 2.65. The highest BCUT2D eigenvalue weighted by atomic mass is 16.5. The van der Waals surface area contributed by atoms with Crippen molar-refractivity contribution in [2.24, 2.45) is 0 Å². The predicted octanol–water partition coefficient (Wildman–Crippen LogP) is 4.47. The largest absolute Gasteiger partial charge is 0.462 e. The third-order valence-corrected chi connectivity index (χ3v) is 2.65. The molecule has 1 aliphatic carbocycles. The number of hydrogen-bond donors (Lipinski definition) is 0. The highest BCUT2D eigenvalue weighted by Crippen LogP contribution is 2.15. The Morgan fingerprint density at radius 2 is 1.00 bits per heavy atom. The van der Waals surface area contributed by atoms with E-state index >= 15 is 0 Å². The zero-order valence-electron chi connectivity index (χ0n) is 11.3. The van der Waals surface area contributed by atoms with Gasteiger partial charge in [0.25, 0.3) is 6.47 Å². The Balaban J connectivity index is 0.000000293. The summed E-state index contributed by atoms with van der Waals surface area (Å²) >= 11 is 0. The molecule has 16 heavy (non-hydrogen) atoms. The minimum absolute atomic E-state index is 0.318. The van der Waals surface area contributed by atoms with Crippen LogP contribution in [0.3, 0.4) is 0 Å². The fourth-order valence-corrected chi connectivity index (χ4v) is 1.74. The van der Waals surface area contributed by atoms with E-state index in [0.717, 1.165) is 0 Å². The second-order valence-electron chi connectivity index (χ2n) is 5.51. The Labute approximate surface area is 101 Å². The van der Waals surface area contributed by atoms with E-state index in [1.54, 1.807) is 0 Å². The van der Waals surface area contributed by atoms with Gasteiger partial charge in [0.1, 0.15) is 5.60 Å². The molecule has 0 saturated heterocycles. The molecule has 1 rings (SSSR count). The minimum Gasteiger partial charge on any atom is -0.462 e. The standard InChI is InChI=1S/C9H18.C5H10O2/c1-2-4-6-8-9-7-5-3-1;1-5(2,3)7-4-6/h1-9H2;4H,1-3H3. The lowest BCUT2D eigenvalue weighted by Gasteiger charge is -2.14. The molecule has 0 atom stereocenters. The molecule has 1 aliphatic rings. The first-order valence-corrected chi connectivity index (χ1v) is 6.68. The van der Waals surface area contributed by atoms with Gasteiger partial charge < -0.3 is 4.74 Å². The molecule has 0 heterocycles. The van der Waals surface area contributed by atoms with Crippen LogP contribution in [0.2, 0.25) is 0 Å². The van der Waals surface area contributed by atoms with Crippen LogP contribution >= 0.6 is 0 Å². The van der Waals surface area contributed by atoms with Gasteiger partial charge in [0.15, 0.2) is 0 Å². The first kappa shape index (κ1) is 15.5. The van der Waals surface area contributed by atoms with E-state index in [1.165, 1.54) is 57.8 Å². The lowest BCUT2D eigenvalue weighted by Crippen LogP contribution is -2.17. The highest BCUT2D eigenvalue weighted by molar-refractivity contribution is 5.37. The zero-order valence-corrected chi connectivity index (χ0v) is 11.3. The molecular weight excluding hydrogens is 200 g/mol. The first-order chi connectivity index (χ1) is 7.56. The van der Waals surface area contributed by atoms with E-state index < -0.39 is 0 Å². The second kappa shape index (κ2) is 9.68. The predicted molar refractivity (Wildman–Crippen MR) is 68.5 cm³/mol. The van der Waals surface area contributed by atoms with Crippen molar-refractivity contribution in [1.82, 2.24) is 0 Å². The van der Waals surface area contributed by atoms with Crippen LogP contribution in [-0.4, -0.2) is 12.1 Å². The van der Waals surface area contributed by atoms with Gasteiger partial charge in [-0.1, -0.05) is 57.8 Å². The lowest BCUT2D eigenvalue weighted by molar-refractivity contribution is -0.138. The van der Waals surface area contributed by atoms with E-state index in [2.05, 4.69) is 4.74 Å². The molecular formula is C14H28O2. The summed E-state index contributed by atoms with van der Waals surface area (Å²) in [5.74, 6) is 0. The van der Waals surface area contributed by atoms with Gasteiger partial charge in [0, 0.05) is 0 Å². The monoisotopic (exact) mass is 228 g/mol. The van der Waals surface area contributed by atoms with Crippen LogP contribution in [0.5, 0.6) is 0 Å². The summed E-state index contributed by atoms with van der Waals surface area (Å²) in [6.07, 6.45) is 13.5. The average molecular weight is 228 g/mol. The Kier molecular flexibility index (Phi) is 9.36. The quantitative estimate of drug-likeness (QED) is 0.619. The van der Waals surface area contributed by atoms with Crippen molar-refractivity contribution in [3.8, 4) is 0 Å². The van der Waals surface area contributed by atoms with Crippen molar-refractivity contribution >= 4 is 6.47 Å². The molecule has 0 amide bonds. The molecule has 0 spiro atoms. The van der Waals surface area contributed by atoms with Crippen LogP contribution in [0.25, 0.3) is 0 Å². The molecule has 96 valence electrons. The van der Waals surface area contributed by atoms with Crippen LogP contribution in [0.15, 0.2) is 0 Å². The average Bonchev–Trinajstić information content (AvgIpc) is 2.31. The van der Waals surface area contributed by atoms with Crippen molar-refractivity contribution in [2.45, 2.75) is 84.2 Å². The SMILES string of the molecule is C1CCCCCCCC1.CC(C)(C)OC=O. The lowest BCUT2D eigenvalue weighted by atomic mass is 10.1. The summed E-state index contributed by atoms with van der Waals surface area (Å²) in [5.41, 5.74) is -0.318. The summed E-state index contributed by atoms with van der Waals surface area (Å²) in [6, 6.07) is 0. The fraction of sp³-hybridized carbons (Fsp3) is 0.929. The Hall–Kier alpha value is -0.530. The van der Waals surface area contributed by atoms with Gasteiger partial charge in [-0.25, -0.2) is 0 Å². The van der Waals surface area contributed by atoms with E-state index in [0.29, 0.717) is 6.47 Å². The van der Waals surface area contributed by atoms with Crippen molar-refractivity contribution in [2.75, 3.05) is 0 Å². The number of rotatable bonds is 1. The first-order valence-electron chi connectivity index (χ1n) is 6.68. The second-order valence-corrected chi connectivity index (χ2v) is 5.51. The summed E-state index contributed by atoms with van der Waals surface area (Å²) in [5, 5.41) is 0. The maximum absolute atomic E-state index is 9.60. The number of carbonyl (C=O) groups excluding carboxylic acids is 1. The smallest absolute Gasteiger partial charge is 0.293 e. The van der Waals surface area contributed by atoms with E-state index in [-0.39, 0.29) is 5.60 Å². The van der Waals surface area contributed by atoms with Gasteiger partial charge >= 0.3 is 0 Å². The minimum atomic E-state index is -0.318. The molecule has 0 aromatic heterocycles. The Morgan fingerprint density at radius 3 is 1.06 bits per heavy atom. The van der Waals surface area contributed by atoms with E-state index in [1.807, 2.05) is 20.8 Å². The van der Waals surface area contributed by atoms with Crippen LogP contribution in [0, 0.1) is 0 Å². The molecule has 0 aliphatic heterocycles. The molecule has 0 aromatic carbocycles. The van der Waals surface area contributed by atoms with Crippen LogP contribution < -0.4 is 0 Å². The molecule has 1 saturated carbocycles. The van der Waals surface area contributed by atoms with E-state index in [9.17, 15) is 4.79 Å². The molecule has 2 nitrogen and oxygen atoms in total. The topological polar surface area (TPSA) is 26.3 Å². The molecule has 0 bridgehead atoms. The number of ether oxygens (including phenoxy) is 1. The van der Waals surface area contributed by atoms with Crippen LogP contribution in [0.1, 0.15) is 78.6 Å². The number of carbonyl (C=O) groups is 1. The third kappa shape index (κ3) is 13.5. The van der Waals surface area contributed by atoms with Gasteiger partial charge in [-0.05, 0) is 20.8 Å². The molecule has 0 unspecified atom stereocenters. The van der Waals surface area contributed by atoms with Gasteiger partial charge in [-0.3, -0.25) is 4.79 Å². The van der Waals surface area contributed by atoms with Crippen LogP contribution in [-0.2, 0) is 9.53 Å². The van der Waals surface area contributed by atoms with Gasteiger partial charge in [-0.2, -0.15) is 0 Å². The summed E-state index contributed by atoms with van der Waals surface area (Å²) in [7, 11) is 0. The van der Waals surface area contributed by atoms with Gasteiger partial charge in [0.05, 0.1) is 0 Å². The molecule has 0 aromatic rings. The fourth-order valence-electron chi connectivity index (χ4n) is 1.74. The Morgan fingerprint density at radius 1 is 0.750 bits per heavy atom.